The average molecular weight is 269 g/mol. The lowest BCUT2D eigenvalue weighted by atomic mass is 10.9. The van der Waals surface area contributed by atoms with Crippen LogP contribution in [0.1, 0.15) is 0 Å². The zero-order chi connectivity index (χ0) is 13.1. The van der Waals surface area contributed by atoms with Crippen LogP contribution in [0.5, 0.6) is 6.01 Å². The second-order valence-corrected chi connectivity index (χ2v) is 4.09. The first-order valence-corrected chi connectivity index (χ1v) is 5.72. The van der Waals surface area contributed by atoms with Crippen LogP contribution in [0, 0.1) is 0 Å². The van der Waals surface area contributed by atoms with Crippen molar-refractivity contribution in [1.82, 2.24) is 29.7 Å². The Morgan fingerprint density at radius 2 is 2.17 bits per heavy atom. The van der Waals surface area contributed by atoms with Crippen LogP contribution in [-0.2, 0) is 7.05 Å². The van der Waals surface area contributed by atoms with E-state index in [2.05, 4.69) is 30.5 Å². The van der Waals surface area contributed by atoms with Gasteiger partial charge in [-0.05, 0) is 11.8 Å². The van der Waals surface area contributed by atoms with E-state index in [0.29, 0.717) is 16.3 Å². The molecular weight excluding hydrogens is 258 g/mol. The number of hydrogen-bond acceptors (Lipinski definition) is 8. The summed E-state index contributed by atoms with van der Waals surface area (Å²) in [4.78, 5) is 23.4. The van der Waals surface area contributed by atoms with E-state index in [4.69, 9.17) is 4.74 Å². The lowest BCUT2D eigenvalue weighted by Gasteiger charge is -2.04. The Kier molecular flexibility index (Phi) is 3.46. The number of hydrogen-bond donors (Lipinski definition) is 2. The van der Waals surface area contributed by atoms with Gasteiger partial charge in [0.1, 0.15) is 0 Å². The Morgan fingerprint density at radius 1 is 1.39 bits per heavy atom. The van der Waals surface area contributed by atoms with Gasteiger partial charge in [-0.3, -0.25) is 4.57 Å². The summed E-state index contributed by atoms with van der Waals surface area (Å²) >= 11 is 1.13. The highest BCUT2D eigenvalue weighted by Crippen LogP contribution is 2.22. The molecule has 10 heteroatoms. The van der Waals surface area contributed by atoms with Gasteiger partial charge in [-0.25, -0.2) is 9.89 Å². The SMILES string of the molecule is CNc1nc(OC)nc(Sc2n[nH]c(=O)n2C)n1. The summed E-state index contributed by atoms with van der Waals surface area (Å²) in [5.41, 5.74) is -0.299. The van der Waals surface area contributed by atoms with Crippen LogP contribution in [0.4, 0.5) is 5.95 Å². The fourth-order valence-electron chi connectivity index (χ4n) is 1.09. The van der Waals surface area contributed by atoms with E-state index in [0.717, 1.165) is 11.8 Å². The number of H-pyrrole nitrogens is 1. The average Bonchev–Trinajstić information content (AvgIpc) is 2.70. The normalized spacial score (nSPS) is 10.4. The Labute approximate surface area is 106 Å². The molecule has 9 nitrogen and oxygen atoms in total. The molecule has 2 aromatic rings. The van der Waals surface area contributed by atoms with Crippen LogP contribution in [0.3, 0.4) is 0 Å². The van der Waals surface area contributed by atoms with Crippen LogP contribution in [0.15, 0.2) is 15.1 Å². The van der Waals surface area contributed by atoms with Crippen LogP contribution in [0.25, 0.3) is 0 Å². The van der Waals surface area contributed by atoms with Crippen LogP contribution >= 0.6 is 11.8 Å². The minimum absolute atomic E-state index is 0.192. The minimum Gasteiger partial charge on any atom is -0.467 e. The molecule has 0 radical (unpaired) electrons. The van der Waals surface area contributed by atoms with Crippen molar-refractivity contribution in [2.24, 2.45) is 7.05 Å². The van der Waals surface area contributed by atoms with Gasteiger partial charge in [-0.1, -0.05) is 0 Å². The molecule has 0 aliphatic heterocycles. The maximum Gasteiger partial charge on any atom is 0.343 e. The first kappa shape index (κ1) is 12.4. The maximum atomic E-state index is 11.2. The van der Waals surface area contributed by atoms with Gasteiger partial charge in [0, 0.05) is 14.1 Å². The van der Waals surface area contributed by atoms with E-state index in [9.17, 15) is 4.79 Å². The predicted octanol–water partition coefficient (Wildman–Crippen LogP) is -0.505. The van der Waals surface area contributed by atoms with Crippen molar-refractivity contribution in [1.29, 1.82) is 0 Å². The predicted molar refractivity (Wildman–Crippen MR) is 63.9 cm³/mol. The molecule has 0 aromatic carbocycles. The van der Waals surface area contributed by atoms with Crippen LogP contribution < -0.4 is 15.7 Å². The molecule has 18 heavy (non-hydrogen) atoms. The fraction of sp³-hybridized carbons (Fsp3) is 0.375. The molecule has 2 N–H and O–H groups in total. The third-order valence-corrected chi connectivity index (χ3v) is 2.93. The third-order valence-electron chi connectivity index (χ3n) is 2.02. The molecule has 2 aromatic heterocycles. The summed E-state index contributed by atoms with van der Waals surface area (Å²) in [6, 6.07) is 0.192. The largest absolute Gasteiger partial charge is 0.467 e. The van der Waals surface area contributed by atoms with Crippen molar-refractivity contribution in [3.05, 3.63) is 10.5 Å². The summed E-state index contributed by atoms with van der Waals surface area (Å²) in [6.45, 7) is 0. The summed E-state index contributed by atoms with van der Waals surface area (Å²) in [5, 5.41) is 9.81. The summed E-state index contributed by atoms with van der Waals surface area (Å²) in [5.74, 6) is 0.380. The highest BCUT2D eigenvalue weighted by Gasteiger charge is 2.11. The van der Waals surface area contributed by atoms with Gasteiger partial charge < -0.3 is 10.1 Å². The van der Waals surface area contributed by atoms with Gasteiger partial charge in [0.25, 0.3) is 0 Å². The number of ether oxygens (including phenoxy) is 1. The van der Waals surface area contributed by atoms with E-state index < -0.39 is 0 Å². The number of aromatic amines is 1. The Hall–Kier alpha value is -2.10. The van der Waals surface area contributed by atoms with Gasteiger partial charge in [0.15, 0.2) is 5.16 Å². The van der Waals surface area contributed by atoms with Gasteiger partial charge >= 0.3 is 11.7 Å². The molecule has 0 atom stereocenters. The molecule has 0 bridgehead atoms. The van der Waals surface area contributed by atoms with Gasteiger partial charge in [-0.2, -0.15) is 15.0 Å². The lowest BCUT2D eigenvalue weighted by molar-refractivity contribution is 0.373. The Bertz CT molecular complexity index is 585. The van der Waals surface area contributed by atoms with E-state index in [1.165, 1.54) is 11.7 Å². The molecule has 0 saturated heterocycles. The monoisotopic (exact) mass is 269 g/mol. The number of rotatable bonds is 4. The van der Waals surface area contributed by atoms with Crippen molar-refractivity contribution in [2.75, 3.05) is 19.5 Å². The quantitative estimate of drug-likeness (QED) is 0.764. The summed E-state index contributed by atoms with van der Waals surface area (Å²) in [7, 11) is 4.76. The molecule has 2 rings (SSSR count). The zero-order valence-corrected chi connectivity index (χ0v) is 10.8. The molecule has 96 valence electrons. The number of aromatic nitrogens is 6. The molecule has 0 fully saturated rings. The fourth-order valence-corrected chi connectivity index (χ4v) is 1.82. The van der Waals surface area contributed by atoms with Crippen molar-refractivity contribution < 1.29 is 4.74 Å². The van der Waals surface area contributed by atoms with Crippen molar-refractivity contribution in [3.8, 4) is 6.01 Å². The Morgan fingerprint density at radius 3 is 2.72 bits per heavy atom. The maximum absolute atomic E-state index is 11.2. The zero-order valence-electron chi connectivity index (χ0n) is 9.96. The standard InChI is InChI=1S/C8H11N7O2S/c1-9-4-10-5(17-3)12-6(11-4)18-8-14-13-7(16)15(8)2/h1-3H3,(H,13,16)(H,9,10,11,12). The topological polar surface area (TPSA) is 111 Å². The second-order valence-electron chi connectivity index (χ2n) is 3.15. The van der Waals surface area contributed by atoms with Crippen molar-refractivity contribution in [3.63, 3.8) is 0 Å². The lowest BCUT2D eigenvalue weighted by Crippen LogP contribution is -2.13. The van der Waals surface area contributed by atoms with Crippen molar-refractivity contribution >= 4 is 17.7 Å². The molecule has 2 heterocycles. The van der Waals surface area contributed by atoms with Crippen LogP contribution in [0.2, 0.25) is 0 Å². The van der Waals surface area contributed by atoms with E-state index >= 15 is 0 Å². The molecular formula is C8H11N7O2S. The first-order chi connectivity index (χ1) is 8.63. The van der Waals surface area contributed by atoms with Crippen molar-refractivity contribution in [2.45, 2.75) is 10.3 Å². The molecule has 0 unspecified atom stereocenters. The van der Waals surface area contributed by atoms with E-state index in [1.807, 2.05) is 0 Å². The number of methoxy groups -OCH3 is 1. The minimum atomic E-state index is -0.299. The summed E-state index contributed by atoms with van der Waals surface area (Å²) < 4.78 is 6.32. The number of nitrogens with zero attached hydrogens (tertiary/aromatic N) is 5. The highest BCUT2D eigenvalue weighted by molar-refractivity contribution is 7.99. The molecule has 0 amide bonds. The highest BCUT2D eigenvalue weighted by atomic mass is 32.2. The number of anilines is 1. The smallest absolute Gasteiger partial charge is 0.343 e. The van der Waals surface area contributed by atoms with Gasteiger partial charge in [0.2, 0.25) is 11.1 Å². The second kappa shape index (κ2) is 5.04. The number of nitrogens with one attached hydrogen (secondary N) is 2. The summed E-state index contributed by atoms with van der Waals surface area (Å²) in [6.07, 6.45) is 0. The molecule has 0 aliphatic carbocycles. The van der Waals surface area contributed by atoms with E-state index in [1.54, 1.807) is 14.1 Å². The third kappa shape index (κ3) is 2.42. The van der Waals surface area contributed by atoms with Gasteiger partial charge in [-0.15, -0.1) is 5.10 Å². The molecule has 0 spiro atoms. The Balaban J connectivity index is 2.33. The van der Waals surface area contributed by atoms with Crippen LogP contribution in [-0.4, -0.2) is 43.9 Å². The van der Waals surface area contributed by atoms with Gasteiger partial charge in [0.05, 0.1) is 7.11 Å². The molecule has 0 aliphatic rings. The molecule has 0 saturated carbocycles. The van der Waals surface area contributed by atoms with E-state index in [-0.39, 0.29) is 11.7 Å². The first-order valence-electron chi connectivity index (χ1n) is 4.91.